The van der Waals surface area contributed by atoms with Crippen LogP contribution in [0.25, 0.3) is 0 Å². The molecule has 0 atom stereocenters. The fraction of sp³-hybridized carbons (Fsp3) is 0.778. The second-order valence-corrected chi connectivity index (χ2v) is 3.46. The Balaban J connectivity index is 3.84. The predicted octanol–water partition coefficient (Wildman–Crippen LogP) is 0.710. The highest BCUT2D eigenvalue weighted by molar-refractivity contribution is 6.03. The molecule has 0 rings (SSSR count). The minimum atomic E-state index is -0.959. The number of carbonyl (C=O) groups is 2. The highest BCUT2D eigenvalue weighted by atomic mass is 16.7. The van der Waals surface area contributed by atoms with Crippen molar-refractivity contribution in [1.29, 1.82) is 0 Å². The van der Waals surface area contributed by atoms with Gasteiger partial charge in [-0.05, 0) is 19.8 Å². The topological polar surface area (TPSA) is 55.4 Å². The molecule has 0 saturated carbocycles. The van der Waals surface area contributed by atoms with Gasteiger partial charge in [0.25, 0.3) is 0 Å². The molecular formula is C9H17NO3. The summed E-state index contributed by atoms with van der Waals surface area (Å²) in [5.41, 5.74) is 2.61. The first kappa shape index (κ1) is 12.3. The smallest absolute Gasteiger partial charge is 0.194 e. The van der Waals surface area contributed by atoms with Gasteiger partial charge in [-0.3, -0.25) is 14.4 Å². The van der Waals surface area contributed by atoms with Crippen molar-refractivity contribution >= 4 is 11.6 Å². The van der Waals surface area contributed by atoms with Crippen LogP contribution >= 0.6 is 0 Å². The molecular weight excluding hydrogens is 170 g/mol. The summed E-state index contributed by atoms with van der Waals surface area (Å²) < 4.78 is 0. The third kappa shape index (κ3) is 5.49. The summed E-state index contributed by atoms with van der Waals surface area (Å²) in [6.07, 6.45) is -0.959. The largest absolute Gasteiger partial charge is 0.296 e. The summed E-state index contributed by atoms with van der Waals surface area (Å²) in [5, 5.41) is 0. The molecule has 76 valence electrons. The molecule has 0 bridgehead atoms. The average molecular weight is 187 g/mol. The van der Waals surface area contributed by atoms with E-state index >= 15 is 0 Å². The first-order valence-corrected chi connectivity index (χ1v) is 4.34. The molecule has 0 aromatic heterocycles. The van der Waals surface area contributed by atoms with Crippen molar-refractivity contribution in [3.05, 3.63) is 0 Å². The Bertz CT molecular complexity index is 175. The van der Waals surface area contributed by atoms with Crippen LogP contribution in [0, 0.1) is 5.92 Å². The minimum absolute atomic E-state index is 0.274. The number of ketones is 2. The molecule has 0 radical (unpaired) electrons. The fourth-order valence-corrected chi connectivity index (χ4v) is 0.750. The van der Waals surface area contributed by atoms with Crippen molar-refractivity contribution < 1.29 is 14.4 Å². The van der Waals surface area contributed by atoms with Gasteiger partial charge < -0.3 is 0 Å². The van der Waals surface area contributed by atoms with Crippen LogP contribution in [0.15, 0.2) is 0 Å². The highest BCUT2D eigenvalue weighted by Gasteiger charge is 2.20. The van der Waals surface area contributed by atoms with Gasteiger partial charge in [0.1, 0.15) is 0 Å². The maximum Gasteiger partial charge on any atom is 0.194 e. The predicted molar refractivity (Wildman–Crippen MR) is 49.1 cm³/mol. The third-order valence-corrected chi connectivity index (χ3v) is 1.43. The van der Waals surface area contributed by atoms with E-state index in [2.05, 4.69) is 5.48 Å². The van der Waals surface area contributed by atoms with E-state index in [9.17, 15) is 9.59 Å². The van der Waals surface area contributed by atoms with E-state index < -0.39 is 6.10 Å². The molecule has 4 nitrogen and oxygen atoms in total. The molecule has 0 aliphatic heterocycles. The first-order chi connectivity index (χ1) is 5.95. The van der Waals surface area contributed by atoms with Crippen LogP contribution in [0.5, 0.6) is 0 Å². The zero-order valence-corrected chi connectivity index (χ0v) is 8.59. The molecule has 0 aromatic carbocycles. The molecule has 13 heavy (non-hydrogen) atoms. The number of Topliss-reactive ketones (excluding diaryl/α,β-unsaturated/α-hetero) is 2. The Morgan fingerprint density at radius 2 is 1.69 bits per heavy atom. The van der Waals surface area contributed by atoms with Crippen LogP contribution in [0.1, 0.15) is 27.7 Å². The van der Waals surface area contributed by atoms with Crippen molar-refractivity contribution in [2.45, 2.75) is 33.8 Å². The Labute approximate surface area is 78.6 Å². The van der Waals surface area contributed by atoms with E-state index in [0.717, 1.165) is 0 Å². The summed E-state index contributed by atoms with van der Waals surface area (Å²) >= 11 is 0. The van der Waals surface area contributed by atoms with Crippen LogP contribution in [0.2, 0.25) is 0 Å². The SMILES string of the molecule is CC(=O)C(ONCC(C)C)C(C)=O. The summed E-state index contributed by atoms with van der Waals surface area (Å²) in [7, 11) is 0. The minimum Gasteiger partial charge on any atom is -0.296 e. The van der Waals surface area contributed by atoms with Gasteiger partial charge in [-0.15, -0.1) is 0 Å². The molecule has 0 heterocycles. The maximum absolute atomic E-state index is 10.9. The van der Waals surface area contributed by atoms with Crippen molar-refractivity contribution in [1.82, 2.24) is 5.48 Å². The lowest BCUT2D eigenvalue weighted by Crippen LogP contribution is -2.36. The summed E-state index contributed by atoms with van der Waals surface area (Å²) in [6, 6.07) is 0. The van der Waals surface area contributed by atoms with E-state index in [1.807, 2.05) is 13.8 Å². The molecule has 0 fully saturated rings. The summed E-state index contributed by atoms with van der Waals surface area (Å²) in [6.45, 7) is 7.31. The Hall–Kier alpha value is -0.740. The van der Waals surface area contributed by atoms with Crippen molar-refractivity contribution in [2.24, 2.45) is 5.92 Å². The Kier molecular flexibility index (Phi) is 5.50. The zero-order valence-electron chi connectivity index (χ0n) is 8.59. The van der Waals surface area contributed by atoms with Crippen molar-refractivity contribution in [3.8, 4) is 0 Å². The van der Waals surface area contributed by atoms with Crippen LogP contribution in [-0.2, 0) is 14.4 Å². The molecule has 4 heteroatoms. The molecule has 0 aromatic rings. The van der Waals surface area contributed by atoms with Gasteiger partial charge >= 0.3 is 0 Å². The van der Waals surface area contributed by atoms with Crippen LogP contribution in [-0.4, -0.2) is 24.2 Å². The van der Waals surface area contributed by atoms with E-state index in [0.29, 0.717) is 12.5 Å². The molecule has 0 spiro atoms. The van der Waals surface area contributed by atoms with Gasteiger partial charge in [0.05, 0.1) is 0 Å². The lowest BCUT2D eigenvalue weighted by molar-refractivity contribution is -0.146. The monoisotopic (exact) mass is 187 g/mol. The Morgan fingerprint density at radius 1 is 1.23 bits per heavy atom. The van der Waals surface area contributed by atoms with E-state index in [1.54, 1.807) is 0 Å². The van der Waals surface area contributed by atoms with E-state index in [4.69, 9.17) is 4.84 Å². The fourth-order valence-electron chi connectivity index (χ4n) is 0.750. The normalized spacial score (nSPS) is 10.9. The molecule has 0 amide bonds. The van der Waals surface area contributed by atoms with E-state index in [-0.39, 0.29) is 11.6 Å². The van der Waals surface area contributed by atoms with Gasteiger partial charge in [-0.1, -0.05) is 13.8 Å². The second-order valence-electron chi connectivity index (χ2n) is 3.46. The van der Waals surface area contributed by atoms with Gasteiger partial charge in [0.2, 0.25) is 0 Å². The lowest BCUT2D eigenvalue weighted by Gasteiger charge is -2.13. The van der Waals surface area contributed by atoms with E-state index in [1.165, 1.54) is 13.8 Å². The molecule has 0 saturated heterocycles. The van der Waals surface area contributed by atoms with Gasteiger partial charge in [-0.25, -0.2) is 5.48 Å². The first-order valence-electron chi connectivity index (χ1n) is 4.34. The van der Waals surface area contributed by atoms with Crippen LogP contribution in [0.3, 0.4) is 0 Å². The number of hydrogen-bond acceptors (Lipinski definition) is 4. The van der Waals surface area contributed by atoms with Gasteiger partial charge in [0.15, 0.2) is 17.7 Å². The number of nitrogens with one attached hydrogen (secondary N) is 1. The van der Waals surface area contributed by atoms with Crippen LogP contribution in [0.4, 0.5) is 0 Å². The highest BCUT2D eigenvalue weighted by Crippen LogP contribution is 1.94. The molecule has 0 aliphatic rings. The standard InChI is InChI=1S/C9H17NO3/c1-6(2)5-10-13-9(7(3)11)8(4)12/h6,9-10H,5H2,1-4H3. The summed E-state index contributed by atoms with van der Waals surface area (Å²) in [5.74, 6) is -0.132. The number of rotatable bonds is 6. The second kappa shape index (κ2) is 5.83. The molecule has 0 unspecified atom stereocenters. The Morgan fingerprint density at radius 3 is 2.00 bits per heavy atom. The van der Waals surface area contributed by atoms with Gasteiger partial charge in [0, 0.05) is 6.54 Å². The number of hydrogen-bond donors (Lipinski definition) is 1. The summed E-state index contributed by atoms with van der Waals surface area (Å²) in [4.78, 5) is 26.7. The quantitative estimate of drug-likeness (QED) is 0.491. The number of carbonyl (C=O) groups excluding carboxylic acids is 2. The third-order valence-electron chi connectivity index (χ3n) is 1.43. The molecule has 1 N–H and O–H groups in total. The number of hydroxylamine groups is 1. The lowest BCUT2D eigenvalue weighted by atomic mass is 10.2. The van der Waals surface area contributed by atoms with Crippen LogP contribution < -0.4 is 5.48 Å². The molecule has 0 aliphatic carbocycles. The zero-order chi connectivity index (χ0) is 10.4. The maximum atomic E-state index is 10.9. The average Bonchev–Trinajstić information content (AvgIpc) is 1.95. The van der Waals surface area contributed by atoms with Crippen molar-refractivity contribution in [2.75, 3.05) is 6.54 Å². The van der Waals surface area contributed by atoms with Gasteiger partial charge in [-0.2, -0.15) is 0 Å². The van der Waals surface area contributed by atoms with Crippen molar-refractivity contribution in [3.63, 3.8) is 0 Å².